The molecule has 0 saturated heterocycles. The van der Waals surface area contributed by atoms with E-state index in [0.29, 0.717) is 0 Å². The minimum absolute atomic E-state index is 2.90. The van der Waals surface area contributed by atoms with E-state index in [1.807, 2.05) is 0 Å². The number of rotatable bonds is 4. The molecule has 0 spiro atoms. The third-order valence-corrected chi connectivity index (χ3v) is 1.58. The topological polar surface area (TPSA) is 40.1 Å². The molecule has 0 aliphatic heterocycles. The molecule has 0 aliphatic carbocycles. The molecule has 0 aliphatic rings. The summed E-state index contributed by atoms with van der Waals surface area (Å²) >= 11 is 0. The fourth-order valence-corrected chi connectivity index (χ4v) is 0.700. The van der Waals surface area contributed by atoms with Crippen molar-refractivity contribution in [1.82, 2.24) is 0 Å². The molecule has 0 radical (unpaired) electrons. The molecule has 0 unspecified atom stereocenters. The lowest BCUT2D eigenvalue weighted by molar-refractivity contribution is -0.399. The van der Waals surface area contributed by atoms with E-state index in [4.69, 9.17) is 0 Å². The first kappa shape index (κ1) is 15.8. The van der Waals surface area contributed by atoms with Crippen LogP contribution in [0.4, 0.5) is 39.5 Å². The van der Waals surface area contributed by atoms with Gasteiger partial charge in [0.15, 0.2) is 0 Å². The first-order valence-electron chi connectivity index (χ1n) is 3.57. The molecule has 0 atom stereocenters. The third kappa shape index (κ3) is 2.57. The third-order valence-electron chi connectivity index (χ3n) is 1.58. The Hall–Kier alpha value is -1.16. The molecule has 0 fully saturated rings. The quantitative estimate of drug-likeness (QED) is 0.732. The number of carboxylic acid groups (broad SMARTS) is 1. The van der Waals surface area contributed by atoms with Crippen LogP contribution in [0, 0.1) is 0 Å². The van der Waals surface area contributed by atoms with Gasteiger partial charge >= 0.3 is 23.9 Å². The summed E-state index contributed by atoms with van der Waals surface area (Å²) in [5, 5.41) is 9.59. The van der Waals surface area contributed by atoms with Gasteiger partial charge in [0, 0.05) is 5.97 Å². The van der Waals surface area contributed by atoms with Gasteiger partial charge in [-0.1, -0.05) is 0 Å². The maximum absolute atomic E-state index is 12.3. The second-order valence-electron chi connectivity index (χ2n) is 2.90. The highest BCUT2D eigenvalue weighted by Gasteiger charge is 2.81. The van der Waals surface area contributed by atoms with Crippen molar-refractivity contribution >= 4 is 5.97 Å². The van der Waals surface area contributed by atoms with Crippen molar-refractivity contribution in [2.45, 2.75) is 30.4 Å². The van der Waals surface area contributed by atoms with E-state index in [0.717, 1.165) is 0 Å². The van der Waals surface area contributed by atoms with Crippen LogP contribution in [0.1, 0.15) is 6.42 Å². The zero-order valence-electron chi connectivity index (χ0n) is 7.43. The van der Waals surface area contributed by atoms with Gasteiger partial charge in [-0.05, 0) is 0 Å². The average molecular weight is 277 g/mol. The fraction of sp³-hybridized carbons (Fsp3) is 0.833. The second-order valence-corrected chi connectivity index (χ2v) is 2.90. The van der Waals surface area contributed by atoms with E-state index in [1.165, 1.54) is 0 Å². The molecule has 0 aromatic carbocycles. The van der Waals surface area contributed by atoms with Crippen LogP contribution in [-0.4, -0.2) is 29.9 Å². The van der Waals surface area contributed by atoms with Crippen LogP contribution in [-0.2, 0) is 4.79 Å². The van der Waals surface area contributed by atoms with Crippen LogP contribution in [0.5, 0.6) is 0 Å². The Morgan fingerprint density at radius 2 is 1.18 bits per heavy atom. The molecule has 2 nitrogen and oxygen atoms in total. The Kier molecular flexibility index (Phi) is 3.68. The predicted molar refractivity (Wildman–Crippen MR) is 30.5 cm³/mol. The van der Waals surface area contributed by atoms with E-state index in [1.54, 1.807) is 0 Å². The Bertz CT molecular complexity index is 305. The lowest BCUT2D eigenvalue weighted by Gasteiger charge is -2.33. The van der Waals surface area contributed by atoms with E-state index >= 15 is 0 Å². The Balaban J connectivity index is 5.47. The molecule has 0 saturated carbocycles. The molecule has 11 heteroatoms. The van der Waals surface area contributed by atoms with Crippen molar-refractivity contribution in [3.8, 4) is 0 Å². The van der Waals surface area contributed by atoms with Gasteiger partial charge in [0.1, 0.15) is 0 Å². The number of carbonyl (C=O) groups excluding carboxylic acids is 1. The highest BCUT2D eigenvalue weighted by Crippen LogP contribution is 2.53. The minimum atomic E-state index is -7.07. The van der Waals surface area contributed by atoms with Crippen molar-refractivity contribution in [3.05, 3.63) is 0 Å². The predicted octanol–water partition coefficient (Wildman–Crippen LogP) is 1.59. The molecule has 0 aromatic rings. The zero-order valence-corrected chi connectivity index (χ0v) is 7.43. The van der Waals surface area contributed by atoms with Crippen LogP contribution in [0.3, 0.4) is 0 Å². The Labute approximate surface area is 87.0 Å². The summed E-state index contributed by atoms with van der Waals surface area (Å²) in [5.41, 5.74) is 0. The maximum Gasteiger partial charge on any atom is 0.460 e. The van der Waals surface area contributed by atoms with E-state index < -0.39 is 36.3 Å². The van der Waals surface area contributed by atoms with Gasteiger partial charge < -0.3 is 9.90 Å². The van der Waals surface area contributed by atoms with E-state index in [2.05, 4.69) is 0 Å². The van der Waals surface area contributed by atoms with E-state index in [-0.39, 0.29) is 0 Å². The Morgan fingerprint density at radius 3 is 1.41 bits per heavy atom. The molecule has 0 N–H and O–H groups in total. The van der Waals surface area contributed by atoms with Crippen LogP contribution in [0.25, 0.3) is 0 Å². The molecule has 0 amide bonds. The van der Waals surface area contributed by atoms with E-state index in [9.17, 15) is 49.4 Å². The summed E-state index contributed by atoms with van der Waals surface area (Å²) in [6, 6.07) is 0. The summed E-state index contributed by atoms with van der Waals surface area (Å²) < 4.78 is 108. The van der Waals surface area contributed by atoms with Crippen LogP contribution < -0.4 is 5.11 Å². The molecule has 0 aromatic heterocycles. The van der Waals surface area contributed by atoms with Gasteiger partial charge in [0.05, 0.1) is 6.42 Å². The highest BCUT2D eigenvalue weighted by molar-refractivity contribution is 5.65. The standard InChI is InChI=1S/C6H3F9O2/c7-3(8,1-2(16)17)4(9,10)5(11,12)6(13,14)15/h1H2,(H,16,17)/p-1. The van der Waals surface area contributed by atoms with Crippen molar-refractivity contribution in [3.63, 3.8) is 0 Å². The Morgan fingerprint density at radius 1 is 0.824 bits per heavy atom. The van der Waals surface area contributed by atoms with Gasteiger partial charge in [-0.15, -0.1) is 0 Å². The minimum Gasteiger partial charge on any atom is -0.550 e. The number of carbonyl (C=O) groups is 1. The fourth-order valence-electron chi connectivity index (χ4n) is 0.700. The lowest BCUT2D eigenvalue weighted by Crippen LogP contribution is -2.61. The summed E-state index contributed by atoms with van der Waals surface area (Å²) in [6.45, 7) is 0. The molecule has 17 heavy (non-hydrogen) atoms. The smallest absolute Gasteiger partial charge is 0.460 e. The molecular formula is C6H2F9O2-. The molecule has 0 rings (SSSR count). The largest absolute Gasteiger partial charge is 0.550 e. The van der Waals surface area contributed by atoms with Crippen LogP contribution in [0.15, 0.2) is 0 Å². The number of halogens is 9. The first-order valence-corrected chi connectivity index (χ1v) is 3.57. The zero-order chi connectivity index (χ0) is 14.3. The molecular weight excluding hydrogens is 275 g/mol. The van der Waals surface area contributed by atoms with Gasteiger partial charge in [0.2, 0.25) is 0 Å². The highest BCUT2D eigenvalue weighted by atomic mass is 19.4. The van der Waals surface area contributed by atoms with Crippen molar-refractivity contribution in [1.29, 1.82) is 0 Å². The summed E-state index contributed by atoms with van der Waals surface area (Å²) in [6.07, 6.45) is -9.92. The SMILES string of the molecule is O=C([O-])CC(F)(F)C(F)(F)C(F)(F)C(F)(F)F. The van der Waals surface area contributed by atoms with Crippen molar-refractivity contribution < 1.29 is 49.4 Å². The number of hydrogen-bond acceptors (Lipinski definition) is 2. The van der Waals surface area contributed by atoms with Crippen molar-refractivity contribution in [2.24, 2.45) is 0 Å². The average Bonchev–Trinajstić information content (AvgIpc) is 1.98. The van der Waals surface area contributed by atoms with Gasteiger partial charge in [-0.25, -0.2) is 0 Å². The molecule has 102 valence electrons. The van der Waals surface area contributed by atoms with Gasteiger partial charge in [0.25, 0.3) is 0 Å². The van der Waals surface area contributed by atoms with Crippen LogP contribution in [0.2, 0.25) is 0 Å². The summed E-state index contributed by atoms with van der Waals surface area (Å²) in [5.74, 6) is -23.0. The number of carboxylic acids is 1. The van der Waals surface area contributed by atoms with Gasteiger partial charge in [-0.2, -0.15) is 39.5 Å². The van der Waals surface area contributed by atoms with Crippen molar-refractivity contribution in [2.75, 3.05) is 0 Å². The number of alkyl halides is 9. The maximum atomic E-state index is 12.3. The van der Waals surface area contributed by atoms with Gasteiger partial charge in [-0.3, -0.25) is 0 Å². The molecule has 0 bridgehead atoms. The molecule has 0 heterocycles. The number of aliphatic carboxylic acids is 1. The monoisotopic (exact) mass is 277 g/mol. The lowest BCUT2D eigenvalue weighted by atomic mass is 10.0. The number of hydrogen-bond donors (Lipinski definition) is 0. The normalized spacial score (nSPS) is 14.9. The summed E-state index contributed by atoms with van der Waals surface area (Å²) in [4.78, 5) is 9.59. The first-order chi connectivity index (χ1) is 7.17. The second kappa shape index (κ2) is 3.95. The van der Waals surface area contributed by atoms with Crippen LogP contribution >= 0.6 is 0 Å². The summed E-state index contributed by atoms with van der Waals surface area (Å²) in [7, 11) is 0.